The van der Waals surface area contributed by atoms with Gasteiger partial charge in [0, 0.05) is 31.9 Å². The fraction of sp³-hybridized carbons (Fsp3) is 0.526. The van der Waals surface area contributed by atoms with Crippen LogP contribution in [-0.4, -0.2) is 35.7 Å². The number of nitrogens with one attached hydrogen (secondary N) is 1. The van der Waals surface area contributed by atoms with Gasteiger partial charge in [-0.25, -0.2) is 4.98 Å². The van der Waals surface area contributed by atoms with Crippen LogP contribution < -0.4 is 10.2 Å². The van der Waals surface area contributed by atoms with Gasteiger partial charge in [-0.15, -0.1) is 0 Å². The zero-order valence-electron chi connectivity index (χ0n) is 14.9. The normalized spacial score (nSPS) is 17.7. The van der Waals surface area contributed by atoms with E-state index >= 15 is 0 Å². The molecule has 1 aliphatic rings. The Morgan fingerprint density at radius 1 is 1.44 bits per heavy atom. The largest absolute Gasteiger partial charge is 0.356 e. The van der Waals surface area contributed by atoms with Crippen molar-refractivity contribution < 1.29 is 9.32 Å². The lowest BCUT2D eigenvalue weighted by Gasteiger charge is -2.33. The van der Waals surface area contributed by atoms with Gasteiger partial charge in [0.2, 0.25) is 5.76 Å². The van der Waals surface area contributed by atoms with Crippen molar-refractivity contribution in [1.29, 1.82) is 0 Å². The van der Waals surface area contributed by atoms with Gasteiger partial charge in [0.05, 0.1) is 5.69 Å². The minimum absolute atomic E-state index is 0.183. The average Bonchev–Trinajstić information content (AvgIpc) is 3.08. The van der Waals surface area contributed by atoms with E-state index in [9.17, 15) is 4.79 Å². The Labute approximate surface area is 148 Å². The molecule has 0 unspecified atom stereocenters. The molecule has 3 rings (SSSR count). The van der Waals surface area contributed by atoms with Crippen LogP contribution in [0.5, 0.6) is 0 Å². The number of rotatable bonds is 6. The predicted molar refractivity (Wildman–Crippen MR) is 96.6 cm³/mol. The van der Waals surface area contributed by atoms with Gasteiger partial charge in [-0.3, -0.25) is 4.79 Å². The molecule has 1 aliphatic heterocycles. The zero-order valence-corrected chi connectivity index (χ0v) is 14.9. The van der Waals surface area contributed by atoms with E-state index in [1.165, 1.54) is 0 Å². The molecule has 1 amide bonds. The third kappa shape index (κ3) is 4.81. The Hall–Kier alpha value is -2.37. The SMILES string of the molecule is CC(C)Cc1cc(C(=O)NC[C@H]2CCCN(c3ccccn3)C2)on1. The first kappa shape index (κ1) is 17.5. The van der Waals surface area contributed by atoms with E-state index in [1.54, 1.807) is 6.07 Å². The van der Waals surface area contributed by atoms with Gasteiger partial charge in [0.15, 0.2) is 0 Å². The first-order valence-electron chi connectivity index (χ1n) is 9.01. The maximum absolute atomic E-state index is 12.3. The van der Waals surface area contributed by atoms with Crippen molar-refractivity contribution in [3.8, 4) is 0 Å². The standard InChI is InChI=1S/C19H26N4O2/c1-14(2)10-16-11-17(25-22-16)19(24)21-12-15-6-5-9-23(13-15)18-7-3-4-8-20-18/h3-4,7-8,11,14-15H,5-6,9-10,12-13H2,1-2H3,(H,21,24)/t15-/m1/s1. The number of carbonyl (C=O) groups is 1. The van der Waals surface area contributed by atoms with Gasteiger partial charge in [0.1, 0.15) is 5.82 Å². The van der Waals surface area contributed by atoms with Gasteiger partial charge < -0.3 is 14.7 Å². The summed E-state index contributed by atoms with van der Waals surface area (Å²) in [7, 11) is 0. The number of hydrogen-bond donors (Lipinski definition) is 1. The summed E-state index contributed by atoms with van der Waals surface area (Å²) < 4.78 is 5.18. The van der Waals surface area contributed by atoms with Gasteiger partial charge >= 0.3 is 0 Å². The number of amides is 1. The fourth-order valence-electron chi connectivity index (χ4n) is 3.24. The topological polar surface area (TPSA) is 71.3 Å². The Morgan fingerprint density at radius 3 is 3.08 bits per heavy atom. The van der Waals surface area contributed by atoms with Gasteiger partial charge in [-0.05, 0) is 43.2 Å². The average molecular weight is 342 g/mol. The molecule has 3 heterocycles. The molecule has 2 aromatic heterocycles. The molecule has 25 heavy (non-hydrogen) atoms. The fourth-order valence-corrected chi connectivity index (χ4v) is 3.24. The highest BCUT2D eigenvalue weighted by atomic mass is 16.5. The zero-order chi connectivity index (χ0) is 17.6. The van der Waals surface area contributed by atoms with E-state index in [1.807, 2.05) is 24.4 Å². The van der Waals surface area contributed by atoms with Crippen LogP contribution in [0.15, 0.2) is 35.0 Å². The Balaban J connectivity index is 1.51. The third-order valence-corrected chi connectivity index (χ3v) is 4.44. The number of anilines is 1. The van der Waals surface area contributed by atoms with Crippen LogP contribution in [0.4, 0.5) is 5.82 Å². The Bertz CT molecular complexity index is 684. The molecule has 2 aromatic rings. The number of pyridine rings is 1. The molecule has 0 spiro atoms. The highest BCUT2D eigenvalue weighted by Gasteiger charge is 2.22. The van der Waals surface area contributed by atoms with E-state index in [0.717, 1.165) is 43.9 Å². The van der Waals surface area contributed by atoms with Crippen LogP contribution in [-0.2, 0) is 6.42 Å². The first-order valence-corrected chi connectivity index (χ1v) is 9.01. The summed E-state index contributed by atoms with van der Waals surface area (Å²) in [6.45, 7) is 6.80. The highest BCUT2D eigenvalue weighted by Crippen LogP contribution is 2.21. The molecule has 0 radical (unpaired) electrons. The van der Waals surface area contributed by atoms with Crippen LogP contribution in [0.25, 0.3) is 0 Å². The van der Waals surface area contributed by atoms with Crippen LogP contribution >= 0.6 is 0 Å². The molecule has 1 atom stereocenters. The smallest absolute Gasteiger partial charge is 0.289 e. The van der Waals surface area contributed by atoms with Gasteiger partial charge in [-0.1, -0.05) is 25.1 Å². The maximum atomic E-state index is 12.3. The van der Waals surface area contributed by atoms with Crippen molar-refractivity contribution in [2.75, 3.05) is 24.5 Å². The lowest BCUT2D eigenvalue weighted by atomic mass is 9.98. The maximum Gasteiger partial charge on any atom is 0.289 e. The molecule has 0 aliphatic carbocycles. The number of nitrogens with zero attached hydrogens (tertiary/aromatic N) is 3. The highest BCUT2D eigenvalue weighted by molar-refractivity contribution is 5.91. The molecule has 6 nitrogen and oxygen atoms in total. The summed E-state index contributed by atoms with van der Waals surface area (Å²) >= 11 is 0. The van der Waals surface area contributed by atoms with E-state index in [4.69, 9.17) is 4.52 Å². The molecule has 0 aromatic carbocycles. The monoisotopic (exact) mass is 342 g/mol. The van der Waals surface area contributed by atoms with Crippen molar-refractivity contribution in [1.82, 2.24) is 15.5 Å². The molecule has 6 heteroatoms. The number of piperidine rings is 1. The molecular formula is C19H26N4O2. The third-order valence-electron chi connectivity index (χ3n) is 4.44. The van der Waals surface area contributed by atoms with Crippen LogP contribution in [0.3, 0.4) is 0 Å². The van der Waals surface area contributed by atoms with E-state index < -0.39 is 0 Å². The molecule has 134 valence electrons. The second kappa shape index (κ2) is 8.14. The summed E-state index contributed by atoms with van der Waals surface area (Å²) in [6, 6.07) is 7.71. The van der Waals surface area contributed by atoms with Crippen molar-refractivity contribution in [2.24, 2.45) is 11.8 Å². The second-order valence-electron chi connectivity index (χ2n) is 7.13. The van der Waals surface area contributed by atoms with Crippen molar-refractivity contribution >= 4 is 11.7 Å². The van der Waals surface area contributed by atoms with Crippen LogP contribution in [0.1, 0.15) is 42.9 Å². The molecule has 0 bridgehead atoms. The minimum atomic E-state index is -0.183. The Morgan fingerprint density at radius 2 is 2.32 bits per heavy atom. The number of aromatic nitrogens is 2. The summed E-state index contributed by atoms with van der Waals surface area (Å²) in [4.78, 5) is 19.0. The van der Waals surface area contributed by atoms with Crippen molar-refractivity contribution in [3.05, 3.63) is 41.9 Å². The van der Waals surface area contributed by atoms with Crippen LogP contribution in [0.2, 0.25) is 0 Å². The second-order valence-corrected chi connectivity index (χ2v) is 7.13. The lowest BCUT2D eigenvalue weighted by molar-refractivity contribution is 0.0908. The van der Waals surface area contributed by atoms with E-state index in [2.05, 4.69) is 34.2 Å². The molecule has 1 saturated heterocycles. The molecule has 1 N–H and O–H groups in total. The number of hydrogen-bond acceptors (Lipinski definition) is 5. The predicted octanol–water partition coefficient (Wildman–Crippen LogP) is 2.91. The summed E-state index contributed by atoms with van der Waals surface area (Å²) in [5.74, 6) is 2.02. The van der Waals surface area contributed by atoms with Crippen LogP contribution in [0, 0.1) is 11.8 Å². The van der Waals surface area contributed by atoms with E-state index in [-0.39, 0.29) is 5.91 Å². The number of carbonyl (C=O) groups excluding carboxylic acids is 1. The van der Waals surface area contributed by atoms with Crippen molar-refractivity contribution in [3.63, 3.8) is 0 Å². The van der Waals surface area contributed by atoms with E-state index in [0.29, 0.717) is 24.1 Å². The Kier molecular flexibility index (Phi) is 5.68. The van der Waals surface area contributed by atoms with Gasteiger partial charge in [-0.2, -0.15) is 0 Å². The summed E-state index contributed by atoms with van der Waals surface area (Å²) in [5, 5.41) is 6.96. The first-order chi connectivity index (χ1) is 12.1. The van der Waals surface area contributed by atoms with Gasteiger partial charge in [0.25, 0.3) is 5.91 Å². The van der Waals surface area contributed by atoms with Crippen molar-refractivity contribution in [2.45, 2.75) is 33.1 Å². The minimum Gasteiger partial charge on any atom is -0.356 e. The quantitative estimate of drug-likeness (QED) is 0.874. The molecule has 1 fully saturated rings. The lowest BCUT2D eigenvalue weighted by Crippen LogP contribution is -2.41. The summed E-state index contributed by atoms with van der Waals surface area (Å²) in [5.41, 5.74) is 0.833. The molecule has 0 saturated carbocycles. The summed E-state index contributed by atoms with van der Waals surface area (Å²) in [6.07, 6.45) is 4.86. The molecular weight excluding hydrogens is 316 g/mol.